The molecule has 0 N–H and O–H groups in total. The number of Topliss-reactive ketones (excluding diaryl/α,β-unsaturated/α-hetero) is 1. The molecule has 0 radical (unpaired) electrons. The number of carbonyl (C=O) groups excluding carboxylic acids is 2. The van der Waals surface area contributed by atoms with Crippen LogP contribution in [-0.4, -0.2) is 11.0 Å². The third-order valence-corrected chi connectivity index (χ3v) is 13.0. The highest BCUT2D eigenvalue weighted by Gasteiger charge is 2.65. The van der Waals surface area contributed by atoms with Crippen molar-refractivity contribution >= 4 is 22.6 Å². The topological polar surface area (TPSA) is 57.9 Å². The van der Waals surface area contributed by atoms with Gasteiger partial charge in [-0.25, -0.2) is 0 Å². The van der Waals surface area contributed by atoms with Crippen molar-refractivity contribution in [3.05, 3.63) is 23.8 Å². The van der Waals surface area contributed by atoms with Crippen LogP contribution in [0, 0.1) is 62.1 Å². The fourth-order valence-electron chi connectivity index (χ4n) is 10.1. The van der Waals surface area contributed by atoms with Crippen LogP contribution in [0.3, 0.4) is 0 Å². The highest BCUT2D eigenvalue weighted by atomic mass is 35.5. The first-order valence-corrected chi connectivity index (χ1v) is 14.5. The minimum atomic E-state index is -0.518. The molecule has 4 rings (SSSR count). The molecule has 0 unspecified atom stereocenters. The maximum atomic E-state index is 13.2. The summed E-state index contributed by atoms with van der Waals surface area (Å²) in [5, 5.41) is 9.68. The Morgan fingerprint density at radius 3 is 2.31 bits per heavy atom. The van der Waals surface area contributed by atoms with Gasteiger partial charge in [0.2, 0.25) is 5.24 Å². The molecule has 0 bridgehead atoms. The van der Waals surface area contributed by atoms with Crippen molar-refractivity contribution in [1.82, 2.24) is 0 Å². The first-order chi connectivity index (χ1) is 16.6. The van der Waals surface area contributed by atoms with Gasteiger partial charge in [-0.05, 0) is 110 Å². The van der Waals surface area contributed by atoms with E-state index in [-0.39, 0.29) is 39.1 Å². The van der Waals surface area contributed by atoms with Gasteiger partial charge in [-0.1, -0.05) is 66.2 Å². The molecular weight excluding hydrogens is 466 g/mol. The lowest BCUT2D eigenvalue weighted by Crippen LogP contribution is -2.61. The number of fused-ring (bicyclic) bond motifs is 3. The Labute approximate surface area is 224 Å². The second-order valence-electron chi connectivity index (χ2n) is 14.3. The molecule has 0 saturated heterocycles. The number of ketones is 1. The highest BCUT2D eigenvalue weighted by Crippen LogP contribution is 2.71. The van der Waals surface area contributed by atoms with E-state index in [9.17, 15) is 14.9 Å². The molecular formula is C32H46ClNO2. The number of hydrogen-bond donors (Lipinski definition) is 0. The van der Waals surface area contributed by atoms with E-state index in [1.54, 1.807) is 0 Å². The fraction of sp³-hybridized carbons (Fsp3) is 0.781. The molecule has 198 valence electrons. The minimum Gasteiger partial charge on any atom is -0.293 e. The van der Waals surface area contributed by atoms with Crippen LogP contribution in [0.15, 0.2) is 23.8 Å². The third-order valence-electron chi connectivity index (χ3n) is 12.6. The summed E-state index contributed by atoms with van der Waals surface area (Å²) in [5.41, 5.74) is 0.517. The summed E-state index contributed by atoms with van der Waals surface area (Å²) in [6.45, 7) is 19.9. The predicted molar refractivity (Wildman–Crippen MR) is 146 cm³/mol. The maximum absolute atomic E-state index is 13.2. The number of hydrogen-bond acceptors (Lipinski definition) is 3. The van der Waals surface area contributed by atoms with Gasteiger partial charge in [0, 0.05) is 10.8 Å². The molecule has 0 aromatic carbocycles. The Balaban J connectivity index is 1.69. The Bertz CT molecular complexity index is 1050. The fourth-order valence-corrected chi connectivity index (χ4v) is 10.4. The SMILES string of the molecule is C=C(C)[C@@H]1CC[C@@](CC[C@]2(C)CCC[C@@H]3[C@@]4(C)C=C(C#N)C(=O)C(C)(C)[C@@H]4CC[C@]32C)(C(=O)Cl)[C@H]1C. The summed E-state index contributed by atoms with van der Waals surface area (Å²) in [6, 6.07) is 2.25. The van der Waals surface area contributed by atoms with Crippen LogP contribution >= 0.6 is 11.6 Å². The number of nitrogens with zero attached hydrogens (tertiary/aromatic N) is 1. The molecule has 4 aliphatic carbocycles. The van der Waals surface area contributed by atoms with E-state index in [0.29, 0.717) is 17.4 Å². The van der Waals surface area contributed by atoms with Gasteiger partial charge in [0.25, 0.3) is 0 Å². The molecule has 4 aliphatic rings. The molecule has 3 fully saturated rings. The zero-order valence-electron chi connectivity index (χ0n) is 23.6. The second-order valence-corrected chi connectivity index (χ2v) is 14.7. The van der Waals surface area contributed by atoms with E-state index in [1.165, 1.54) is 5.57 Å². The van der Waals surface area contributed by atoms with Crippen LogP contribution in [-0.2, 0) is 9.59 Å². The predicted octanol–water partition coefficient (Wildman–Crippen LogP) is 8.43. The lowest BCUT2D eigenvalue weighted by Gasteiger charge is -2.67. The lowest BCUT2D eigenvalue weighted by molar-refractivity contribution is -0.169. The van der Waals surface area contributed by atoms with Gasteiger partial charge in [0.15, 0.2) is 5.78 Å². The van der Waals surface area contributed by atoms with E-state index < -0.39 is 10.8 Å². The molecule has 0 aliphatic heterocycles. The zero-order valence-corrected chi connectivity index (χ0v) is 24.4. The number of nitriles is 1. The third kappa shape index (κ3) is 3.64. The van der Waals surface area contributed by atoms with Gasteiger partial charge >= 0.3 is 0 Å². The highest BCUT2D eigenvalue weighted by molar-refractivity contribution is 6.64. The lowest BCUT2D eigenvalue weighted by atomic mass is 9.37. The van der Waals surface area contributed by atoms with Crippen LogP contribution in [0.5, 0.6) is 0 Å². The van der Waals surface area contributed by atoms with Gasteiger partial charge in [-0.3, -0.25) is 9.59 Å². The van der Waals surface area contributed by atoms with Crippen LogP contribution in [0.1, 0.15) is 106 Å². The van der Waals surface area contributed by atoms with Crippen molar-refractivity contribution in [2.75, 3.05) is 0 Å². The van der Waals surface area contributed by atoms with Crippen LogP contribution < -0.4 is 0 Å². The van der Waals surface area contributed by atoms with Crippen LogP contribution in [0.4, 0.5) is 0 Å². The summed E-state index contributed by atoms with van der Waals surface area (Å²) in [6.07, 6.45) is 11.3. The van der Waals surface area contributed by atoms with Crippen molar-refractivity contribution < 1.29 is 9.59 Å². The van der Waals surface area contributed by atoms with Crippen molar-refractivity contribution in [3.63, 3.8) is 0 Å². The Kier molecular flexibility index (Phi) is 6.78. The zero-order chi connectivity index (χ0) is 26.9. The van der Waals surface area contributed by atoms with Crippen molar-refractivity contribution in [1.29, 1.82) is 5.26 Å². The van der Waals surface area contributed by atoms with E-state index in [0.717, 1.165) is 57.8 Å². The molecule has 0 amide bonds. The summed E-state index contributed by atoms with van der Waals surface area (Å²) in [7, 11) is 0. The molecule has 0 heterocycles. The number of allylic oxidation sites excluding steroid dienone is 3. The van der Waals surface area contributed by atoms with E-state index in [4.69, 9.17) is 11.6 Å². The molecule has 3 saturated carbocycles. The molecule has 0 aromatic rings. The molecule has 8 atom stereocenters. The molecule has 0 aromatic heterocycles. The van der Waals surface area contributed by atoms with Crippen LogP contribution in [0.25, 0.3) is 0 Å². The molecule has 0 spiro atoms. The van der Waals surface area contributed by atoms with E-state index in [2.05, 4.69) is 67.2 Å². The minimum absolute atomic E-state index is 0.0134. The number of halogens is 1. The summed E-state index contributed by atoms with van der Waals surface area (Å²) in [4.78, 5) is 26.1. The second kappa shape index (κ2) is 8.83. The Morgan fingerprint density at radius 1 is 1.08 bits per heavy atom. The van der Waals surface area contributed by atoms with E-state index in [1.807, 2.05) is 0 Å². The monoisotopic (exact) mass is 511 g/mol. The molecule has 3 nitrogen and oxygen atoms in total. The van der Waals surface area contributed by atoms with Crippen LogP contribution in [0.2, 0.25) is 0 Å². The van der Waals surface area contributed by atoms with Gasteiger partial charge in [0.05, 0.1) is 5.57 Å². The van der Waals surface area contributed by atoms with Gasteiger partial charge < -0.3 is 0 Å². The van der Waals surface area contributed by atoms with Crippen molar-refractivity contribution in [2.24, 2.45) is 50.7 Å². The number of rotatable bonds is 5. The van der Waals surface area contributed by atoms with Gasteiger partial charge in [-0.15, -0.1) is 0 Å². The maximum Gasteiger partial charge on any atom is 0.228 e. The summed E-state index contributed by atoms with van der Waals surface area (Å²) >= 11 is 6.39. The molecule has 36 heavy (non-hydrogen) atoms. The van der Waals surface area contributed by atoms with Crippen molar-refractivity contribution in [3.8, 4) is 6.07 Å². The largest absolute Gasteiger partial charge is 0.293 e. The smallest absolute Gasteiger partial charge is 0.228 e. The Hall–Kier alpha value is -1.40. The summed E-state index contributed by atoms with van der Waals surface area (Å²) in [5.74, 6) is 1.25. The average Bonchev–Trinajstić information content (AvgIpc) is 3.14. The first kappa shape index (κ1) is 27.6. The Morgan fingerprint density at radius 2 is 1.75 bits per heavy atom. The van der Waals surface area contributed by atoms with E-state index >= 15 is 0 Å². The average molecular weight is 512 g/mol. The normalized spacial score (nSPS) is 45.8. The van der Waals surface area contributed by atoms with Gasteiger partial charge in [-0.2, -0.15) is 5.26 Å². The molecule has 4 heteroatoms. The van der Waals surface area contributed by atoms with Crippen molar-refractivity contribution in [2.45, 2.75) is 106 Å². The summed E-state index contributed by atoms with van der Waals surface area (Å²) < 4.78 is 0. The number of carbonyl (C=O) groups is 2. The quantitative estimate of drug-likeness (QED) is 0.275. The van der Waals surface area contributed by atoms with Gasteiger partial charge in [0.1, 0.15) is 6.07 Å². The first-order valence-electron chi connectivity index (χ1n) is 14.1. The standard InChI is InChI=1S/C32H46ClNO2/c1-20(2)23-11-15-32(21(23)3,27(33)36)17-16-29(6)13-9-10-25-30(7)18-22(19-34)26(35)28(4,5)24(30)12-14-31(25,29)8/h18,21,23-25H,1,9-17H2,2-8H3/t21-,23-,24-,25+,29-,30-,31+,32-/m0/s1.